The lowest BCUT2D eigenvalue weighted by Crippen LogP contribution is -2.00. The lowest BCUT2D eigenvalue weighted by molar-refractivity contribution is 0.560. The van der Waals surface area contributed by atoms with Gasteiger partial charge in [-0.25, -0.2) is 0 Å². The molecular formula is C13H21P. The molecule has 1 rings (SSSR count). The summed E-state index contributed by atoms with van der Waals surface area (Å²) in [6.07, 6.45) is 3.77. The fraction of sp³-hybridized carbons (Fsp3) is 0.538. The second-order valence-electron chi connectivity index (χ2n) is 3.94. The first-order chi connectivity index (χ1) is 6.76. The molecule has 0 heterocycles. The zero-order valence-electron chi connectivity index (χ0n) is 9.51. The summed E-state index contributed by atoms with van der Waals surface area (Å²) in [5, 5.41) is 1.50. The second-order valence-corrected chi connectivity index (χ2v) is 5.58. The van der Waals surface area contributed by atoms with Gasteiger partial charge in [0.15, 0.2) is 0 Å². The molecule has 0 saturated heterocycles. The lowest BCUT2D eigenvalue weighted by atomic mass is 9.99. The zero-order valence-corrected chi connectivity index (χ0v) is 10.5. The van der Waals surface area contributed by atoms with Crippen LogP contribution in [-0.2, 0) is 6.42 Å². The molecule has 1 aromatic rings. The van der Waals surface area contributed by atoms with Crippen LogP contribution >= 0.6 is 8.58 Å². The van der Waals surface area contributed by atoms with Gasteiger partial charge in [0.2, 0.25) is 0 Å². The number of rotatable bonds is 5. The van der Waals surface area contributed by atoms with Crippen LogP contribution in [0.2, 0.25) is 0 Å². The molecule has 0 aliphatic heterocycles. The molecule has 78 valence electrons. The van der Waals surface area contributed by atoms with Crippen molar-refractivity contribution in [1.29, 1.82) is 0 Å². The van der Waals surface area contributed by atoms with Crippen LogP contribution in [0.3, 0.4) is 0 Å². The van der Waals surface area contributed by atoms with Crippen molar-refractivity contribution in [3.63, 3.8) is 0 Å². The Morgan fingerprint density at radius 2 is 1.79 bits per heavy atom. The van der Waals surface area contributed by atoms with E-state index in [2.05, 4.69) is 45.0 Å². The molecular weight excluding hydrogens is 187 g/mol. The Labute approximate surface area is 89.9 Å². The van der Waals surface area contributed by atoms with Gasteiger partial charge in [-0.15, -0.1) is 0 Å². The normalized spacial score (nSPS) is 13.6. The van der Waals surface area contributed by atoms with E-state index in [1.165, 1.54) is 29.9 Å². The molecule has 2 unspecified atom stereocenters. The van der Waals surface area contributed by atoms with E-state index in [1.54, 1.807) is 0 Å². The molecule has 0 radical (unpaired) electrons. The first kappa shape index (κ1) is 11.7. The van der Waals surface area contributed by atoms with Crippen LogP contribution < -0.4 is 5.30 Å². The first-order valence-corrected chi connectivity index (χ1v) is 6.79. The van der Waals surface area contributed by atoms with E-state index < -0.39 is 0 Å². The summed E-state index contributed by atoms with van der Waals surface area (Å²) < 4.78 is 0. The van der Waals surface area contributed by atoms with E-state index in [-0.39, 0.29) is 0 Å². The maximum Gasteiger partial charge on any atom is -0.0253 e. The van der Waals surface area contributed by atoms with Crippen LogP contribution in [0.1, 0.15) is 32.8 Å². The monoisotopic (exact) mass is 208 g/mol. The van der Waals surface area contributed by atoms with Crippen LogP contribution in [0.4, 0.5) is 0 Å². The lowest BCUT2D eigenvalue weighted by Gasteiger charge is -2.08. The van der Waals surface area contributed by atoms with Crippen LogP contribution in [0, 0.1) is 5.92 Å². The molecule has 0 bridgehead atoms. The molecule has 0 fully saturated rings. The van der Waals surface area contributed by atoms with Crippen molar-refractivity contribution in [2.75, 3.05) is 6.16 Å². The van der Waals surface area contributed by atoms with E-state index in [0.29, 0.717) is 0 Å². The number of hydrogen-bond acceptors (Lipinski definition) is 0. The predicted octanol–water partition coefficient (Wildman–Crippen LogP) is 3.60. The SMILES string of the molecule is CCPc1ccc(CC(C)CC)cc1. The smallest absolute Gasteiger partial charge is 0.0253 e. The zero-order chi connectivity index (χ0) is 10.4. The average molecular weight is 208 g/mol. The quantitative estimate of drug-likeness (QED) is 0.648. The van der Waals surface area contributed by atoms with Gasteiger partial charge < -0.3 is 0 Å². The third kappa shape index (κ3) is 3.80. The van der Waals surface area contributed by atoms with Gasteiger partial charge in [0, 0.05) is 0 Å². The minimum atomic E-state index is 0.814. The molecule has 0 spiro atoms. The molecule has 2 atom stereocenters. The van der Waals surface area contributed by atoms with Crippen molar-refractivity contribution in [3.8, 4) is 0 Å². The van der Waals surface area contributed by atoms with Crippen molar-refractivity contribution in [1.82, 2.24) is 0 Å². The van der Waals surface area contributed by atoms with E-state index >= 15 is 0 Å². The Balaban J connectivity index is 2.54. The van der Waals surface area contributed by atoms with E-state index in [0.717, 1.165) is 14.5 Å². The Bertz CT molecular complexity index is 250. The molecule has 0 aromatic heterocycles. The Morgan fingerprint density at radius 3 is 2.29 bits per heavy atom. The summed E-state index contributed by atoms with van der Waals surface area (Å²) in [4.78, 5) is 0. The minimum Gasteiger partial charge on any atom is -0.0907 e. The molecule has 0 aliphatic carbocycles. The van der Waals surface area contributed by atoms with E-state index in [4.69, 9.17) is 0 Å². The first-order valence-electron chi connectivity index (χ1n) is 5.59. The van der Waals surface area contributed by atoms with Crippen molar-refractivity contribution < 1.29 is 0 Å². The van der Waals surface area contributed by atoms with Crippen molar-refractivity contribution in [2.45, 2.75) is 33.6 Å². The molecule has 0 aliphatic rings. The Hall–Kier alpha value is -0.350. The number of hydrogen-bond donors (Lipinski definition) is 0. The summed E-state index contributed by atoms with van der Waals surface area (Å²) in [5.74, 6) is 0.814. The van der Waals surface area contributed by atoms with Crippen molar-refractivity contribution >= 4 is 13.9 Å². The summed E-state index contributed by atoms with van der Waals surface area (Å²) in [6.45, 7) is 6.82. The molecule has 1 heteroatoms. The maximum absolute atomic E-state index is 2.32. The molecule has 0 nitrogen and oxygen atoms in total. The van der Waals surface area contributed by atoms with Gasteiger partial charge in [-0.1, -0.05) is 60.0 Å². The van der Waals surface area contributed by atoms with Gasteiger partial charge in [-0.2, -0.15) is 0 Å². The fourth-order valence-corrected chi connectivity index (χ4v) is 2.32. The maximum atomic E-state index is 2.32. The second kappa shape index (κ2) is 6.19. The van der Waals surface area contributed by atoms with Crippen LogP contribution in [0.15, 0.2) is 24.3 Å². The van der Waals surface area contributed by atoms with Crippen LogP contribution in [-0.4, -0.2) is 6.16 Å². The molecule has 0 N–H and O–H groups in total. The number of benzene rings is 1. The van der Waals surface area contributed by atoms with Gasteiger partial charge >= 0.3 is 0 Å². The molecule has 1 aromatic carbocycles. The summed E-state index contributed by atoms with van der Waals surface area (Å²) in [7, 11) is 0.980. The largest absolute Gasteiger partial charge is 0.0907 e. The van der Waals surface area contributed by atoms with Crippen LogP contribution in [0.25, 0.3) is 0 Å². The van der Waals surface area contributed by atoms with E-state index in [9.17, 15) is 0 Å². The van der Waals surface area contributed by atoms with Gasteiger partial charge in [-0.05, 0) is 29.4 Å². The third-order valence-electron chi connectivity index (χ3n) is 2.62. The van der Waals surface area contributed by atoms with Gasteiger partial charge in [0.25, 0.3) is 0 Å². The summed E-state index contributed by atoms with van der Waals surface area (Å²) >= 11 is 0. The van der Waals surface area contributed by atoms with E-state index in [1.807, 2.05) is 0 Å². The van der Waals surface area contributed by atoms with Crippen molar-refractivity contribution in [2.24, 2.45) is 5.92 Å². The Morgan fingerprint density at radius 1 is 1.14 bits per heavy atom. The average Bonchev–Trinajstić information content (AvgIpc) is 2.21. The topological polar surface area (TPSA) is 0 Å². The minimum absolute atomic E-state index is 0.814. The highest BCUT2D eigenvalue weighted by molar-refractivity contribution is 7.47. The van der Waals surface area contributed by atoms with Crippen LogP contribution in [0.5, 0.6) is 0 Å². The predicted molar refractivity (Wildman–Crippen MR) is 68.1 cm³/mol. The third-order valence-corrected chi connectivity index (χ3v) is 3.71. The standard InChI is InChI=1S/C13H21P/c1-4-11(3)10-12-6-8-13(9-7-12)14-5-2/h6-9,11,14H,4-5,10H2,1-3H3. The highest BCUT2D eigenvalue weighted by Crippen LogP contribution is 2.13. The Kier molecular flexibility index (Phi) is 5.19. The highest BCUT2D eigenvalue weighted by atomic mass is 31.1. The molecule has 14 heavy (non-hydrogen) atoms. The van der Waals surface area contributed by atoms with Gasteiger partial charge in [0.1, 0.15) is 0 Å². The van der Waals surface area contributed by atoms with Gasteiger partial charge in [0.05, 0.1) is 0 Å². The van der Waals surface area contributed by atoms with Gasteiger partial charge in [-0.3, -0.25) is 0 Å². The highest BCUT2D eigenvalue weighted by Gasteiger charge is 2.00. The molecule has 0 saturated carbocycles. The summed E-state index contributed by atoms with van der Waals surface area (Å²) in [5.41, 5.74) is 1.49. The fourth-order valence-electron chi connectivity index (χ4n) is 1.51. The van der Waals surface area contributed by atoms with Crippen molar-refractivity contribution in [3.05, 3.63) is 29.8 Å². The summed E-state index contributed by atoms with van der Waals surface area (Å²) in [6, 6.07) is 9.17. The molecule has 0 amide bonds.